The highest BCUT2D eigenvalue weighted by atomic mass is 16.3. The van der Waals surface area contributed by atoms with E-state index < -0.39 is 5.91 Å². The molecule has 76 valence electrons. The van der Waals surface area contributed by atoms with E-state index in [9.17, 15) is 15.0 Å². The van der Waals surface area contributed by atoms with Crippen LogP contribution >= 0.6 is 0 Å². The number of amides is 1. The summed E-state index contributed by atoms with van der Waals surface area (Å²) in [6, 6.07) is 8.26. The maximum Gasteiger partial charge on any atom is 0.256 e. The Morgan fingerprint density at radius 2 is 1.87 bits per heavy atom. The monoisotopic (exact) mass is 203 g/mol. The number of rotatable bonds is 1. The molecule has 4 nitrogen and oxygen atoms in total. The molecule has 2 aromatic carbocycles. The van der Waals surface area contributed by atoms with Crippen LogP contribution in [0.1, 0.15) is 10.4 Å². The highest BCUT2D eigenvalue weighted by Crippen LogP contribution is 2.34. The van der Waals surface area contributed by atoms with E-state index in [0.717, 1.165) is 0 Å². The molecule has 0 bridgehead atoms. The van der Waals surface area contributed by atoms with E-state index in [2.05, 4.69) is 0 Å². The first kappa shape index (κ1) is 9.33. The molecule has 0 atom stereocenters. The molecule has 0 radical (unpaired) electrons. The maximum absolute atomic E-state index is 11.0. The van der Waals surface area contributed by atoms with E-state index in [1.165, 1.54) is 6.07 Å². The Labute approximate surface area is 85.6 Å². The summed E-state index contributed by atoms with van der Waals surface area (Å²) in [7, 11) is 0. The number of fused-ring (bicyclic) bond motifs is 1. The summed E-state index contributed by atoms with van der Waals surface area (Å²) in [4.78, 5) is 11.0. The lowest BCUT2D eigenvalue weighted by atomic mass is 10.0. The summed E-state index contributed by atoms with van der Waals surface area (Å²) in [5.41, 5.74) is 4.81. The van der Waals surface area contributed by atoms with Crippen molar-refractivity contribution in [1.29, 1.82) is 0 Å². The van der Waals surface area contributed by atoms with Crippen LogP contribution in [0.25, 0.3) is 10.8 Å². The average molecular weight is 203 g/mol. The summed E-state index contributed by atoms with van der Waals surface area (Å²) >= 11 is 0. The van der Waals surface area contributed by atoms with Crippen LogP contribution in [-0.4, -0.2) is 16.1 Å². The van der Waals surface area contributed by atoms with Gasteiger partial charge in [-0.05, 0) is 11.5 Å². The third-order valence-corrected chi connectivity index (χ3v) is 2.25. The number of aromatic hydroxyl groups is 2. The fourth-order valence-electron chi connectivity index (χ4n) is 1.56. The first-order chi connectivity index (χ1) is 7.11. The summed E-state index contributed by atoms with van der Waals surface area (Å²) in [6.45, 7) is 0. The lowest BCUT2D eigenvalue weighted by molar-refractivity contribution is 0.0995. The molecule has 1 amide bonds. The summed E-state index contributed by atoms with van der Waals surface area (Å²) in [5, 5.41) is 20.4. The number of primary amides is 1. The minimum absolute atomic E-state index is 0.242. The molecule has 0 saturated carbocycles. The van der Waals surface area contributed by atoms with Gasteiger partial charge in [-0.2, -0.15) is 0 Å². The van der Waals surface area contributed by atoms with Crippen LogP contribution < -0.4 is 5.73 Å². The minimum Gasteiger partial charge on any atom is -0.507 e. The van der Waals surface area contributed by atoms with Crippen molar-refractivity contribution in [1.82, 2.24) is 0 Å². The van der Waals surface area contributed by atoms with Gasteiger partial charge in [0.25, 0.3) is 5.91 Å². The molecule has 0 aromatic heterocycles. The van der Waals surface area contributed by atoms with Gasteiger partial charge >= 0.3 is 0 Å². The molecule has 0 aliphatic heterocycles. The van der Waals surface area contributed by atoms with Gasteiger partial charge < -0.3 is 15.9 Å². The Bertz CT molecular complexity index is 549. The number of nitrogens with two attached hydrogens (primary N) is 1. The van der Waals surface area contributed by atoms with Crippen molar-refractivity contribution < 1.29 is 15.0 Å². The summed E-state index contributed by atoms with van der Waals surface area (Å²) in [6.07, 6.45) is 0. The molecule has 0 aliphatic rings. The molecule has 0 spiro atoms. The third-order valence-electron chi connectivity index (χ3n) is 2.25. The Hall–Kier alpha value is -2.23. The Morgan fingerprint density at radius 1 is 1.20 bits per heavy atom. The smallest absolute Gasteiger partial charge is 0.256 e. The van der Waals surface area contributed by atoms with Crippen molar-refractivity contribution >= 4 is 16.7 Å². The van der Waals surface area contributed by atoms with E-state index in [0.29, 0.717) is 10.8 Å². The number of carbonyl (C=O) groups excluding carboxylic acids is 1. The first-order valence-electron chi connectivity index (χ1n) is 4.34. The lowest BCUT2D eigenvalue weighted by Crippen LogP contribution is -2.11. The zero-order valence-corrected chi connectivity index (χ0v) is 7.77. The van der Waals surface area contributed by atoms with Gasteiger partial charge in [0.15, 0.2) is 0 Å². The normalized spacial score (nSPS) is 10.4. The van der Waals surface area contributed by atoms with Crippen molar-refractivity contribution in [3.05, 3.63) is 35.9 Å². The number of phenols is 2. The van der Waals surface area contributed by atoms with E-state index in [1.54, 1.807) is 24.3 Å². The van der Waals surface area contributed by atoms with Gasteiger partial charge in [0.1, 0.15) is 17.1 Å². The van der Waals surface area contributed by atoms with Gasteiger partial charge in [-0.15, -0.1) is 0 Å². The number of hydrogen-bond donors (Lipinski definition) is 3. The Kier molecular flexibility index (Phi) is 1.97. The third kappa shape index (κ3) is 1.36. The predicted molar refractivity (Wildman–Crippen MR) is 55.8 cm³/mol. The molecule has 0 fully saturated rings. The second-order valence-electron chi connectivity index (χ2n) is 3.20. The topological polar surface area (TPSA) is 83.6 Å². The SMILES string of the molecule is NC(=O)c1c(O)cc2ccccc2c1O. The number of hydrogen-bond acceptors (Lipinski definition) is 3. The zero-order chi connectivity index (χ0) is 11.0. The second kappa shape index (κ2) is 3.16. The molecule has 4 heteroatoms. The molecule has 0 saturated heterocycles. The number of benzene rings is 2. The molecule has 2 aromatic rings. The zero-order valence-electron chi connectivity index (χ0n) is 7.77. The minimum atomic E-state index is -0.851. The van der Waals surface area contributed by atoms with Crippen molar-refractivity contribution in [3.8, 4) is 11.5 Å². The van der Waals surface area contributed by atoms with E-state index in [-0.39, 0.29) is 17.1 Å². The van der Waals surface area contributed by atoms with E-state index in [1.807, 2.05) is 0 Å². The van der Waals surface area contributed by atoms with Crippen LogP contribution in [0.4, 0.5) is 0 Å². The van der Waals surface area contributed by atoms with Crippen LogP contribution in [-0.2, 0) is 0 Å². The average Bonchev–Trinajstić information content (AvgIpc) is 2.17. The Morgan fingerprint density at radius 3 is 2.53 bits per heavy atom. The molecule has 0 heterocycles. The van der Waals surface area contributed by atoms with Crippen molar-refractivity contribution in [2.75, 3.05) is 0 Å². The van der Waals surface area contributed by atoms with Crippen LogP contribution in [0.15, 0.2) is 30.3 Å². The predicted octanol–water partition coefficient (Wildman–Crippen LogP) is 1.35. The van der Waals surface area contributed by atoms with Crippen molar-refractivity contribution in [2.45, 2.75) is 0 Å². The van der Waals surface area contributed by atoms with Gasteiger partial charge in [0.05, 0.1) is 0 Å². The van der Waals surface area contributed by atoms with Gasteiger partial charge in [0, 0.05) is 5.39 Å². The lowest BCUT2D eigenvalue weighted by Gasteiger charge is -2.07. The fraction of sp³-hybridized carbons (Fsp3) is 0. The van der Waals surface area contributed by atoms with Crippen LogP contribution in [0.5, 0.6) is 11.5 Å². The summed E-state index contributed by atoms with van der Waals surface area (Å²) < 4.78 is 0. The molecular formula is C11H9NO3. The van der Waals surface area contributed by atoms with Gasteiger partial charge in [-0.3, -0.25) is 4.79 Å². The van der Waals surface area contributed by atoms with Crippen LogP contribution in [0.3, 0.4) is 0 Å². The van der Waals surface area contributed by atoms with E-state index >= 15 is 0 Å². The quantitative estimate of drug-likeness (QED) is 0.654. The van der Waals surface area contributed by atoms with Gasteiger partial charge in [-0.1, -0.05) is 24.3 Å². The largest absolute Gasteiger partial charge is 0.507 e. The van der Waals surface area contributed by atoms with Crippen molar-refractivity contribution in [3.63, 3.8) is 0 Å². The first-order valence-corrected chi connectivity index (χ1v) is 4.34. The summed E-state index contributed by atoms with van der Waals surface area (Å²) in [5.74, 6) is -1.44. The fourth-order valence-corrected chi connectivity index (χ4v) is 1.56. The van der Waals surface area contributed by atoms with Crippen LogP contribution in [0.2, 0.25) is 0 Å². The maximum atomic E-state index is 11.0. The molecule has 0 unspecified atom stereocenters. The molecule has 0 aliphatic carbocycles. The van der Waals surface area contributed by atoms with Crippen molar-refractivity contribution in [2.24, 2.45) is 5.73 Å². The molecule has 2 rings (SSSR count). The molecular weight excluding hydrogens is 194 g/mol. The number of carbonyl (C=O) groups is 1. The highest BCUT2D eigenvalue weighted by Gasteiger charge is 2.16. The van der Waals surface area contributed by atoms with Gasteiger partial charge in [-0.25, -0.2) is 0 Å². The van der Waals surface area contributed by atoms with Crippen LogP contribution in [0, 0.1) is 0 Å². The van der Waals surface area contributed by atoms with E-state index in [4.69, 9.17) is 5.73 Å². The standard InChI is InChI=1S/C11H9NO3/c12-11(15)9-8(13)5-6-3-1-2-4-7(6)10(9)14/h1-5,13-14H,(H2,12,15). The van der Waals surface area contributed by atoms with Gasteiger partial charge in [0.2, 0.25) is 0 Å². The molecule has 4 N–H and O–H groups in total. The molecule has 15 heavy (non-hydrogen) atoms. The highest BCUT2D eigenvalue weighted by molar-refractivity contribution is 6.05. The Balaban J connectivity index is 2.90. The second-order valence-corrected chi connectivity index (χ2v) is 3.20.